The molecule has 2 heteroatoms. The first kappa shape index (κ1) is 38.5. The molecule has 0 saturated heterocycles. The highest BCUT2D eigenvalue weighted by atomic mass is 15.1. The van der Waals surface area contributed by atoms with Gasteiger partial charge in [0.1, 0.15) is 0 Å². The molecule has 0 amide bonds. The zero-order chi connectivity index (χ0) is 42.7. The highest BCUT2D eigenvalue weighted by Crippen LogP contribution is 2.43. The number of benzene rings is 11. The van der Waals surface area contributed by atoms with E-state index in [1.165, 1.54) is 54.2 Å². The highest BCUT2D eigenvalue weighted by Gasteiger charge is 2.18. The van der Waals surface area contributed by atoms with E-state index in [0.29, 0.717) is 0 Å². The molecule has 11 aromatic rings. The average Bonchev–Trinajstić information content (AvgIpc) is 3.36. The molecule has 0 radical (unpaired) electrons. The Labute approximate surface area is 374 Å². The van der Waals surface area contributed by atoms with Crippen molar-refractivity contribution < 1.29 is 0 Å². The summed E-state index contributed by atoms with van der Waals surface area (Å²) in [7, 11) is 0. The van der Waals surface area contributed by atoms with E-state index >= 15 is 0 Å². The molecule has 0 spiro atoms. The molecule has 2 nitrogen and oxygen atoms in total. The van der Waals surface area contributed by atoms with E-state index in [2.05, 4.69) is 265 Å². The van der Waals surface area contributed by atoms with Crippen LogP contribution in [-0.2, 0) is 0 Å². The first-order chi connectivity index (χ1) is 31.7. The molecule has 0 fully saturated rings. The molecule has 0 unspecified atom stereocenters. The third kappa shape index (κ3) is 7.81. The molecule has 0 aliphatic heterocycles. The van der Waals surface area contributed by atoms with Gasteiger partial charge in [-0.3, -0.25) is 0 Å². The maximum Gasteiger partial charge on any atom is 0.0540 e. The van der Waals surface area contributed by atoms with Crippen molar-refractivity contribution in [3.63, 3.8) is 0 Å². The molecule has 0 aliphatic carbocycles. The molecule has 11 aromatic carbocycles. The Morgan fingerprint density at radius 1 is 0.219 bits per heavy atom. The van der Waals surface area contributed by atoms with Gasteiger partial charge < -0.3 is 9.80 Å². The summed E-state index contributed by atoms with van der Waals surface area (Å²) in [6.07, 6.45) is 8.68. The van der Waals surface area contributed by atoms with Crippen molar-refractivity contribution in [3.8, 4) is 0 Å². The smallest absolute Gasteiger partial charge is 0.0540 e. The van der Waals surface area contributed by atoms with Crippen molar-refractivity contribution in [2.24, 2.45) is 0 Å². The van der Waals surface area contributed by atoms with Gasteiger partial charge in [0.05, 0.1) is 11.4 Å². The predicted molar refractivity (Wildman–Crippen MR) is 277 cm³/mol. The fraction of sp³-hybridized carbons (Fsp3) is 0. The average molecular weight is 817 g/mol. The second-order valence-electron chi connectivity index (χ2n) is 16.3. The molecule has 0 atom stereocenters. The lowest BCUT2D eigenvalue weighted by atomic mass is 9.96. The van der Waals surface area contributed by atoms with Crippen LogP contribution in [-0.4, -0.2) is 0 Å². The second kappa shape index (κ2) is 17.1. The topological polar surface area (TPSA) is 6.48 Å². The van der Waals surface area contributed by atoms with E-state index < -0.39 is 0 Å². The Bertz CT molecular complexity index is 3210. The molecule has 302 valence electrons. The standard InChI is InChI=1S/C62H44N2/c1-5-15-45(16-6-1)27-29-47-31-35-57(36-32-47)63(55-21-9-3-10-22-55)61-25-13-19-49-39-51-42-54-44-60-50(40-52(54)41-53(51)43-59(49)61)20-14-26-62(60)64(56-23-11-4-12-24-56)58-37-33-48(34-38-58)30-28-46-17-7-2-8-18-46/h1-44H/b29-27+,30-28+. The lowest BCUT2D eigenvalue weighted by Crippen LogP contribution is -2.10. The second-order valence-corrected chi connectivity index (χ2v) is 16.3. The third-order valence-electron chi connectivity index (χ3n) is 12.1. The van der Waals surface area contributed by atoms with E-state index in [-0.39, 0.29) is 0 Å². The minimum Gasteiger partial charge on any atom is -0.310 e. The van der Waals surface area contributed by atoms with Crippen molar-refractivity contribution in [3.05, 3.63) is 265 Å². The summed E-state index contributed by atoms with van der Waals surface area (Å²) in [5, 5.41) is 9.67. The van der Waals surface area contributed by atoms with Gasteiger partial charge >= 0.3 is 0 Å². The van der Waals surface area contributed by atoms with E-state index in [1.54, 1.807) is 0 Å². The molecule has 11 rings (SSSR count). The number of para-hydroxylation sites is 2. The number of rotatable bonds is 10. The van der Waals surface area contributed by atoms with E-state index in [1.807, 2.05) is 12.1 Å². The van der Waals surface area contributed by atoms with E-state index in [4.69, 9.17) is 0 Å². The number of anilines is 6. The maximum absolute atomic E-state index is 2.38. The van der Waals surface area contributed by atoms with E-state index in [9.17, 15) is 0 Å². The number of hydrogen-bond donors (Lipinski definition) is 0. The van der Waals surface area contributed by atoms with Crippen LogP contribution in [0.2, 0.25) is 0 Å². The van der Waals surface area contributed by atoms with Crippen LogP contribution in [0.3, 0.4) is 0 Å². The largest absolute Gasteiger partial charge is 0.310 e. The fourth-order valence-electron chi connectivity index (χ4n) is 8.90. The normalized spacial score (nSPS) is 11.6. The molecule has 0 aromatic heterocycles. The Morgan fingerprint density at radius 3 is 0.891 bits per heavy atom. The zero-order valence-corrected chi connectivity index (χ0v) is 35.3. The quantitative estimate of drug-likeness (QED) is 0.100. The summed E-state index contributed by atoms with van der Waals surface area (Å²) < 4.78 is 0. The van der Waals surface area contributed by atoms with Crippen LogP contribution in [0.25, 0.3) is 67.4 Å². The van der Waals surface area contributed by atoms with Crippen molar-refractivity contribution in [1.82, 2.24) is 0 Å². The summed E-state index contributed by atoms with van der Waals surface area (Å²) in [6.45, 7) is 0. The Hall–Kier alpha value is -8.46. The summed E-state index contributed by atoms with van der Waals surface area (Å²) in [5.74, 6) is 0. The fourth-order valence-corrected chi connectivity index (χ4v) is 8.90. The number of fused-ring (bicyclic) bond motifs is 4. The minimum atomic E-state index is 1.11. The molecular formula is C62H44N2. The first-order valence-electron chi connectivity index (χ1n) is 21.9. The maximum atomic E-state index is 2.38. The van der Waals surface area contributed by atoms with Crippen LogP contribution in [0.4, 0.5) is 34.1 Å². The van der Waals surface area contributed by atoms with Crippen LogP contribution in [0, 0.1) is 0 Å². The SMILES string of the molecule is C(=C\c1ccc(N(c2ccccc2)c2cccc3cc4cc5cc6c(N(c7ccccc7)c7ccc(/C=C/c8ccccc8)cc7)cccc6cc5cc4cc23)cc1)/c1ccccc1. The van der Waals surface area contributed by atoms with Gasteiger partial charge in [-0.1, -0.05) is 170 Å². The van der Waals surface area contributed by atoms with Crippen LogP contribution in [0.15, 0.2) is 243 Å². The van der Waals surface area contributed by atoms with Crippen molar-refractivity contribution in [2.45, 2.75) is 0 Å². The van der Waals surface area contributed by atoms with Crippen LogP contribution >= 0.6 is 0 Å². The van der Waals surface area contributed by atoms with E-state index in [0.717, 1.165) is 45.3 Å². The van der Waals surface area contributed by atoms with Gasteiger partial charge in [0.25, 0.3) is 0 Å². The van der Waals surface area contributed by atoms with Crippen LogP contribution < -0.4 is 9.80 Å². The Kier molecular flexibility index (Phi) is 10.3. The molecule has 0 bridgehead atoms. The third-order valence-corrected chi connectivity index (χ3v) is 12.1. The van der Waals surface area contributed by atoms with Crippen molar-refractivity contribution >= 4 is 102 Å². The Balaban J connectivity index is 0.983. The summed E-state index contributed by atoms with van der Waals surface area (Å²) in [5.41, 5.74) is 11.4. The van der Waals surface area contributed by atoms with Crippen LogP contribution in [0.5, 0.6) is 0 Å². The summed E-state index contributed by atoms with van der Waals surface area (Å²) in [4.78, 5) is 4.75. The summed E-state index contributed by atoms with van der Waals surface area (Å²) >= 11 is 0. The van der Waals surface area contributed by atoms with Gasteiger partial charge in [0, 0.05) is 33.5 Å². The van der Waals surface area contributed by atoms with Crippen molar-refractivity contribution in [1.29, 1.82) is 0 Å². The highest BCUT2D eigenvalue weighted by molar-refractivity contribution is 6.13. The lowest BCUT2D eigenvalue weighted by Gasteiger charge is -2.27. The minimum absolute atomic E-state index is 1.11. The first-order valence-corrected chi connectivity index (χ1v) is 21.9. The van der Waals surface area contributed by atoms with Gasteiger partial charge in [0.15, 0.2) is 0 Å². The van der Waals surface area contributed by atoms with Gasteiger partial charge in [-0.2, -0.15) is 0 Å². The van der Waals surface area contributed by atoms with Gasteiger partial charge in [-0.05, 0) is 152 Å². The molecule has 0 heterocycles. The zero-order valence-electron chi connectivity index (χ0n) is 35.3. The number of hydrogen-bond acceptors (Lipinski definition) is 2. The molecule has 0 saturated carbocycles. The van der Waals surface area contributed by atoms with Crippen molar-refractivity contribution in [2.75, 3.05) is 9.80 Å². The lowest BCUT2D eigenvalue weighted by molar-refractivity contribution is 1.30. The Morgan fingerprint density at radius 2 is 0.516 bits per heavy atom. The van der Waals surface area contributed by atoms with Gasteiger partial charge in [-0.15, -0.1) is 0 Å². The van der Waals surface area contributed by atoms with Gasteiger partial charge in [0.2, 0.25) is 0 Å². The molecule has 0 aliphatic rings. The monoisotopic (exact) mass is 816 g/mol. The van der Waals surface area contributed by atoms with Crippen LogP contribution in [0.1, 0.15) is 22.3 Å². The predicted octanol–water partition coefficient (Wildman–Crippen LogP) is 17.6. The molecule has 0 N–H and O–H groups in total. The summed E-state index contributed by atoms with van der Waals surface area (Å²) in [6, 6.07) is 87.5. The number of nitrogens with zero attached hydrogens (tertiary/aromatic N) is 2. The molecule has 64 heavy (non-hydrogen) atoms. The molecular weight excluding hydrogens is 773 g/mol. The van der Waals surface area contributed by atoms with Gasteiger partial charge in [-0.25, -0.2) is 0 Å².